The smallest absolute Gasteiger partial charge is 0.294 e. The van der Waals surface area contributed by atoms with E-state index < -0.39 is 5.09 Å². The van der Waals surface area contributed by atoms with Crippen molar-refractivity contribution in [1.82, 2.24) is 0 Å². The second kappa shape index (κ2) is 8.71. The van der Waals surface area contributed by atoms with E-state index in [9.17, 15) is 10.1 Å². The van der Waals surface area contributed by atoms with Crippen molar-refractivity contribution in [2.24, 2.45) is 46.3 Å². The highest BCUT2D eigenvalue weighted by molar-refractivity contribution is 5.25. The monoisotopic (exact) mass is 431 g/mol. The van der Waals surface area contributed by atoms with E-state index in [1.54, 1.807) is 0 Å². The van der Waals surface area contributed by atoms with Gasteiger partial charge in [-0.25, -0.2) is 0 Å². The third kappa shape index (κ3) is 4.17. The van der Waals surface area contributed by atoms with Crippen LogP contribution in [0.2, 0.25) is 0 Å². The molecular formula is C27H45NO3. The molecule has 0 bridgehead atoms. The average molecular weight is 432 g/mol. The summed E-state index contributed by atoms with van der Waals surface area (Å²) in [6, 6.07) is 0. The molecule has 176 valence electrons. The summed E-state index contributed by atoms with van der Waals surface area (Å²) in [7, 11) is 0. The predicted octanol–water partition coefficient (Wildman–Crippen LogP) is 7.60. The molecule has 4 aliphatic rings. The van der Waals surface area contributed by atoms with E-state index in [1.165, 1.54) is 56.9 Å². The molecule has 0 heterocycles. The maximum absolute atomic E-state index is 10.8. The zero-order chi connectivity index (χ0) is 22.4. The second-order valence-electron chi connectivity index (χ2n) is 12.5. The van der Waals surface area contributed by atoms with Gasteiger partial charge >= 0.3 is 0 Å². The molecule has 0 saturated heterocycles. The minimum Gasteiger partial charge on any atom is -0.310 e. The van der Waals surface area contributed by atoms with E-state index in [0.29, 0.717) is 5.41 Å². The minimum atomic E-state index is -0.591. The lowest BCUT2D eigenvalue weighted by Gasteiger charge is -2.58. The fourth-order valence-corrected chi connectivity index (χ4v) is 8.86. The number of nitrogens with zero attached hydrogens (tertiary/aromatic N) is 1. The Kier molecular flexibility index (Phi) is 6.49. The van der Waals surface area contributed by atoms with Crippen molar-refractivity contribution in [3.8, 4) is 0 Å². The van der Waals surface area contributed by atoms with Crippen molar-refractivity contribution in [2.75, 3.05) is 0 Å². The summed E-state index contributed by atoms with van der Waals surface area (Å²) in [5.74, 6) is 5.01. The molecule has 4 aliphatic carbocycles. The standard InChI is InChI=1S/C27H45NO3/c1-18(2)7-6-8-19(3)23-11-12-24-22-10-9-20-17-21(31-28(29)30)13-15-26(20,4)25(22)14-16-27(23,24)5/h9,18-19,21-25H,6-8,10-17H2,1-5H3/t19-,21?,22?,23-,24?,25?,26+,27-/m1/s1. The summed E-state index contributed by atoms with van der Waals surface area (Å²) in [6.07, 6.45) is 15.8. The fraction of sp³-hybridized carbons (Fsp3) is 0.926. The largest absolute Gasteiger partial charge is 0.310 e. The van der Waals surface area contributed by atoms with Crippen LogP contribution >= 0.6 is 0 Å². The molecule has 3 fully saturated rings. The third-order valence-corrected chi connectivity index (χ3v) is 10.5. The van der Waals surface area contributed by atoms with E-state index in [1.807, 2.05) is 0 Å². The van der Waals surface area contributed by atoms with E-state index in [4.69, 9.17) is 4.84 Å². The molecular weight excluding hydrogens is 386 g/mol. The van der Waals surface area contributed by atoms with Gasteiger partial charge in [0.2, 0.25) is 0 Å². The first-order valence-corrected chi connectivity index (χ1v) is 13.2. The molecule has 0 radical (unpaired) electrons. The molecule has 31 heavy (non-hydrogen) atoms. The lowest BCUT2D eigenvalue weighted by Crippen LogP contribution is -2.51. The van der Waals surface area contributed by atoms with Crippen LogP contribution in [0.25, 0.3) is 0 Å². The van der Waals surface area contributed by atoms with Gasteiger partial charge in [0.15, 0.2) is 0 Å². The van der Waals surface area contributed by atoms with Gasteiger partial charge in [-0.3, -0.25) is 0 Å². The van der Waals surface area contributed by atoms with E-state index in [0.717, 1.165) is 54.8 Å². The Labute approximate surface area is 189 Å². The maximum Gasteiger partial charge on any atom is 0.294 e. The fourth-order valence-electron chi connectivity index (χ4n) is 8.86. The summed E-state index contributed by atoms with van der Waals surface area (Å²) < 4.78 is 0. The number of hydrogen-bond acceptors (Lipinski definition) is 3. The normalized spacial score (nSPS) is 42.9. The number of rotatable bonds is 7. The number of fused-ring (bicyclic) bond motifs is 5. The molecule has 0 aromatic rings. The Morgan fingerprint density at radius 1 is 1.10 bits per heavy atom. The Bertz CT molecular complexity index is 703. The first kappa shape index (κ1) is 23.1. The molecule has 4 rings (SSSR count). The SMILES string of the molecule is CC(C)CCC[C@@H](C)[C@H]1CCC2C3CC=C4CC(O[N+](=O)[O-])CC[C@]4(C)C3CC[C@@]21C. The Morgan fingerprint density at radius 3 is 2.58 bits per heavy atom. The van der Waals surface area contributed by atoms with Crippen LogP contribution in [0.4, 0.5) is 0 Å². The zero-order valence-electron chi connectivity index (χ0n) is 20.6. The lowest BCUT2D eigenvalue weighted by atomic mass is 9.47. The highest BCUT2D eigenvalue weighted by Crippen LogP contribution is 2.67. The van der Waals surface area contributed by atoms with Gasteiger partial charge in [0, 0.05) is 0 Å². The first-order chi connectivity index (χ1) is 14.6. The minimum absolute atomic E-state index is 0.234. The Balaban J connectivity index is 1.47. The topological polar surface area (TPSA) is 52.4 Å². The van der Waals surface area contributed by atoms with E-state index in [-0.39, 0.29) is 11.5 Å². The lowest BCUT2D eigenvalue weighted by molar-refractivity contribution is -0.769. The quantitative estimate of drug-likeness (QED) is 0.237. The highest BCUT2D eigenvalue weighted by Gasteiger charge is 2.59. The van der Waals surface area contributed by atoms with Crippen molar-refractivity contribution in [2.45, 2.75) is 111 Å². The van der Waals surface area contributed by atoms with Crippen molar-refractivity contribution >= 4 is 0 Å². The molecule has 0 amide bonds. The van der Waals surface area contributed by atoms with Gasteiger partial charge in [-0.1, -0.05) is 65.5 Å². The molecule has 3 saturated carbocycles. The second-order valence-corrected chi connectivity index (χ2v) is 12.5. The molecule has 4 nitrogen and oxygen atoms in total. The zero-order valence-corrected chi connectivity index (χ0v) is 20.6. The molecule has 8 atom stereocenters. The van der Waals surface area contributed by atoms with Gasteiger partial charge in [0.1, 0.15) is 6.10 Å². The molecule has 0 aromatic carbocycles. The molecule has 0 N–H and O–H groups in total. The van der Waals surface area contributed by atoms with Crippen molar-refractivity contribution in [1.29, 1.82) is 0 Å². The summed E-state index contributed by atoms with van der Waals surface area (Å²) in [5, 5.41) is 10.3. The first-order valence-electron chi connectivity index (χ1n) is 13.2. The van der Waals surface area contributed by atoms with Crippen LogP contribution in [0, 0.1) is 56.5 Å². The average Bonchev–Trinajstić information content (AvgIpc) is 3.05. The van der Waals surface area contributed by atoms with Crippen LogP contribution in [-0.2, 0) is 4.84 Å². The molecule has 0 spiro atoms. The predicted molar refractivity (Wildman–Crippen MR) is 125 cm³/mol. The Morgan fingerprint density at radius 2 is 1.87 bits per heavy atom. The molecule has 4 unspecified atom stereocenters. The van der Waals surface area contributed by atoms with Gasteiger partial charge in [-0.05, 0) is 97.7 Å². The molecule has 4 heteroatoms. The summed E-state index contributed by atoms with van der Waals surface area (Å²) in [6.45, 7) is 12.4. The van der Waals surface area contributed by atoms with Gasteiger partial charge in [-0.15, -0.1) is 10.1 Å². The van der Waals surface area contributed by atoms with Crippen LogP contribution in [0.5, 0.6) is 0 Å². The van der Waals surface area contributed by atoms with Gasteiger partial charge in [0.25, 0.3) is 5.09 Å². The summed E-state index contributed by atoms with van der Waals surface area (Å²) in [5.41, 5.74) is 2.22. The number of allylic oxidation sites excluding steroid dienone is 1. The Hall–Kier alpha value is -1.06. The summed E-state index contributed by atoms with van der Waals surface area (Å²) in [4.78, 5) is 15.8. The van der Waals surface area contributed by atoms with E-state index in [2.05, 4.69) is 40.7 Å². The van der Waals surface area contributed by atoms with Crippen molar-refractivity contribution < 1.29 is 9.92 Å². The summed E-state index contributed by atoms with van der Waals surface area (Å²) >= 11 is 0. The van der Waals surface area contributed by atoms with Gasteiger partial charge in [0.05, 0.1) is 0 Å². The van der Waals surface area contributed by atoms with Crippen LogP contribution in [0.3, 0.4) is 0 Å². The maximum atomic E-state index is 10.8. The highest BCUT2D eigenvalue weighted by atomic mass is 17.0. The van der Waals surface area contributed by atoms with Crippen LogP contribution < -0.4 is 0 Å². The van der Waals surface area contributed by atoms with Gasteiger partial charge in [-0.2, -0.15) is 0 Å². The van der Waals surface area contributed by atoms with Crippen LogP contribution in [0.1, 0.15) is 105 Å². The van der Waals surface area contributed by atoms with E-state index >= 15 is 0 Å². The van der Waals surface area contributed by atoms with Crippen LogP contribution in [-0.4, -0.2) is 11.2 Å². The van der Waals surface area contributed by atoms with Crippen molar-refractivity contribution in [3.63, 3.8) is 0 Å². The third-order valence-electron chi connectivity index (χ3n) is 10.5. The molecule has 0 aromatic heterocycles. The number of hydrogen-bond donors (Lipinski definition) is 0. The van der Waals surface area contributed by atoms with Crippen molar-refractivity contribution in [3.05, 3.63) is 21.8 Å². The van der Waals surface area contributed by atoms with Crippen LogP contribution in [0.15, 0.2) is 11.6 Å². The van der Waals surface area contributed by atoms with Gasteiger partial charge < -0.3 is 4.84 Å². The molecule has 0 aliphatic heterocycles.